The van der Waals surface area contributed by atoms with Gasteiger partial charge in [-0.25, -0.2) is 0 Å². The van der Waals surface area contributed by atoms with Crippen LogP contribution < -0.4 is 5.32 Å². The van der Waals surface area contributed by atoms with Crippen LogP contribution in [0.25, 0.3) is 0 Å². The first-order valence-corrected chi connectivity index (χ1v) is 10.9. The Morgan fingerprint density at radius 1 is 0.938 bits per heavy atom. The number of anilines is 1. The molecule has 0 spiro atoms. The van der Waals surface area contributed by atoms with Crippen molar-refractivity contribution in [1.82, 2.24) is 4.90 Å². The first-order chi connectivity index (χ1) is 15.4. The van der Waals surface area contributed by atoms with E-state index in [1.165, 1.54) is 6.07 Å². The fourth-order valence-corrected chi connectivity index (χ4v) is 3.59. The van der Waals surface area contributed by atoms with Crippen molar-refractivity contribution in [2.24, 2.45) is 0 Å². The normalized spacial score (nSPS) is 11.6. The van der Waals surface area contributed by atoms with Crippen LogP contribution in [0.3, 0.4) is 0 Å². The lowest BCUT2D eigenvalue weighted by Gasteiger charge is -2.28. The number of hydrogen-bond acceptors (Lipinski definition) is 4. The monoisotopic (exact) mass is 471 g/mol. The van der Waals surface area contributed by atoms with E-state index >= 15 is 0 Å². The third-order valence-electron chi connectivity index (χ3n) is 5.02. The number of carbonyl (C=O) groups excluding carboxylic acids is 1. The highest BCUT2D eigenvalue weighted by Crippen LogP contribution is 2.25. The molecule has 0 heterocycles. The third-order valence-corrected chi connectivity index (χ3v) is 5.53. The van der Waals surface area contributed by atoms with Crippen LogP contribution in [0.1, 0.15) is 24.5 Å². The summed E-state index contributed by atoms with van der Waals surface area (Å²) in [6.45, 7) is 2.61. The topological polar surface area (TPSA) is 75.5 Å². The summed E-state index contributed by atoms with van der Waals surface area (Å²) in [6.07, 6.45) is 0.461. The van der Waals surface area contributed by atoms with Crippen molar-refractivity contribution in [3.63, 3.8) is 0 Å². The molecule has 1 amide bonds. The second kappa shape index (κ2) is 11.0. The highest BCUT2D eigenvalue weighted by Gasteiger charge is 2.26. The van der Waals surface area contributed by atoms with Gasteiger partial charge in [-0.2, -0.15) is 0 Å². The summed E-state index contributed by atoms with van der Waals surface area (Å²) in [4.78, 5) is 26.2. The minimum Gasteiger partial charge on any atom is -0.368 e. The number of amides is 1. The Morgan fingerprint density at radius 2 is 1.44 bits per heavy atom. The molecule has 3 aromatic rings. The maximum absolute atomic E-state index is 13.5. The van der Waals surface area contributed by atoms with Gasteiger partial charge in [0, 0.05) is 29.2 Å². The van der Waals surface area contributed by atoms with Crippen LogP contribution in [0, 0.1) is 10.1 Å². The van der Waals surface area contributed by atoms with Gasteiger partial charge in [-0.05, 0) is 47.9 Å². The summed E-state index contributed by atoms with van der Waals surface area (Å²) in [5.41, 5.74) is 2.10. The van der Waals surface area contributed by atoms with Crippen LogP contribution in [-0.2, 0) is 17.9 Å². The zero-order valence-corrected chi connectivity index (χ0v) is 19.0. The molecule has 32 heavy (non-hydrogen) atoms. The molecule has 1 N–H and O–H groups in total. The molecule has 0 radical (unpaired) electrons. The van der Waals surface area contributed by atoms with Crippen molar-refractivity contribution in [2.75, 3.05) is 5.32 Å². The molecule has 8 heteroatoms. The number of hydrogen-bond donors (Lipinski definition) is 1. The molecule has 3 rings (SSSR count). The molecule has 0 aliphatic rings. The second-order valence-electron chi connectivity index (χ2n) is 7.33. The van der Waals surface area contributed by atoms with Gasteiger partial charge in [0.2, 0.25) is 5.91 Å². The Bertz CT molecular complexity index is 1030. The van der Waals surface area contributed by atoms with E-state index < -0.39 is 11.0 Å². The molecule has 1 atom stereocenters. The Kier molecular flexibility index (Phi) is 8.09. The highest BCUT2D eigenvalue weighted by molar-refractivity contribution is 6.30. The lowest BCUT2D eigenvalue weighted by Crippen LogP contribution is -2.42. The van der Waals surface area contributed by atoms with Crippen molar-refractivity contribution in [2.45, 2.75) is 32.5 Å². The van der Waals surface area contributed by atoms with Crippen LogP contribution in [-0.4, -0.2) is 21.8 Å². The Hall–Kier alpha value is -3.09. The van der Waals surface area contributed by atoms with Gasteiger partial charge >= 0.3 is 0 Å². The quantitative estimate of drug-likeness (QED) is 0.292. The van der Waals surface area contributed by atoms with E-state index in [4.69, 9.17) is 23.2 Å². The number of nitrogens with one attached hydrogen (secondary N) is 1. The van der Waals surface area contributed by atoms with Crippen LogP contribution >= 0.6 is 23.2 Å². The van der Waals surface area contributed by atoms with Gasteiger partial charge in [-0.3, -0.25) is 14.9 Å². The number of benzene rings is 3. The molecule has 0 saturated carbocycles. The third kappa shape index (κ3) is 6.22. The predicted octanol–water partition coefficient (Wildman–Crippen LogP) is 6.32. The molecule has 0 aliphatic carbocycles. The number of nitrogens with zero attached hydrogens (tertiary/aromatic N) is 2. The van der Waals surface area contributed by atoms with E-state index in [9.17, 15) is 14.9 Å². The number of nitro benzene ring substituents is 1. The average Bonchev–Trinajstić information content (AvgIpc) is 2.79. The van der Waals surface area contributed by atoms with Crippen molar-refractivity contribution in [1.29, 1.82) is 0 Å². The summed E-state index contributed by atoms with van der Waals surface area (Å²) in [6, 6.07) is 20.3. The lowest BCUT2D eigenvalue weighted by atomic mass is 10.1. The Morgan fingerprint density at radius 3 is 1.91 bits per heavy atom. The van der Waals surface area contributed by atoms with Gasteiger partial charge in [0.15, 0.2) is 0 Å². The molecule has 0 fully saturated rings. The van der Waals surface area contributed by atoms with Gasteiger partial charge in [0.05, 0.1) is 4.92 Å². The lowest BCUT2D eigenvalue weighted by molar-refractivity contribution is -0.384. The molecular formula is C24H23Cl2N3O3. The summed E-state index contributed by atoms with van der Waals surface area (Å²) >= 11 is 12.0. The fourth-order valence-electron chi connectivity index (χ4n) is 3.33. The van der Waals surface area contributed by atoms with E-state index in [1.54, 1.807) is 47.4 Å². The van der Waals surface area contributed by atoms with Crippen LogP contribution in [0.4, 0.5) is 11.4 Å². The van der Waals surface area contributed by atoms with Crippen LogP contribution in [0.5, 0.6) is 0 Å². The standard InChI is InChI=1S/C24H23Cl2N3O3/c1-2-21(27-22-5-3-4-6-23(22)29(31)32)24(30)28(15-17-7-11-19(25)12-8-17)16-18-9-13-20(26)14-10-18/h3-14,21,27H,2,15-16H2,1H3. The molecular weight excluding hydrogens is 449 g/mol. The Labute approximate surface area is 196 Å². The first-order valence-electron chi connectivity index (χ1n) is 10.1. The minimum absolute atomic E-state index is 0.0688. The molecule has 166 valence electrons. The summed E-state index contributed by atoms with van der Waals surface area (Å²) in [5.74, 6) is -0.157. The van der Waals surface area contributed by atoms with E-state index in [0.29, 0.717) is 35.2 Å². The minimum atomic E-state index is -0.629. The van der Waals surface area contributed by atoms with Crippen LogP contribution in [0.15, 0.2) is 72.8 Å². The van der Waals surface area contributed by atoms with E-state index in [-0.39, 0.29) is 11.6 Å². The first kappa shape index (κ1) is 23.6. The number of para-hydroxylation sites is 2. The maximum Gasteiger partial charge on any atom is 0.292 e. The molecule has 0 saturated heterocycles. The zero-order chi connectivity index (χ0) is 23.1. The average molecular weight is 472 g/mol. The summed E-state index contributed by atoms with van der Waals surface area (Å²) in [7, 11) is 0. The smallest absolute Gasteiger partial charge is 0.292 e. The van der Waals surface area contributed by atoms with Crippen molar-refractivity contribution in [3.8, 4) is 0 Å². The number of halogens is 2. The molecule has 6 nitrogen and oxygen atoms in total. The van der Waals surface area contributed by atoms with Gasteiger partial charge in [-0.15, -0.1) is 0 Å². The fraction of sp³-hybridized carbons (Fsp3) is 0.208. The predicted molar refractivity (Wildman–Crippen MR) is 128 cm³/mol. The number of rotatable bonds is 9. The maximum atomic E-state index is 13.5. The molecule has 0 aliphatic heterocycles. The van der Waals surface area contributed by atoms with E-state index in [1.807, 2.05) is 31.2 Å². The van der Waals surface area contributed by atoms with Gasteiger partial charge in [-0.1, -0.05) is 66.5 Å². The SMILES string of the molecule is CCC(Nc1ccccc1[N+](=O)[O-])C(=O)N(Cc1ccc(Cl)cc1)Cc1ccc(Cl)cc1. The largest absolute Gasteiger partial charge is 0.368 e. The molecule has 1 unspecified atom stereocenters. The van der Waals surface area contributed by atoms with Crippen molar-refractivity contribution >= 4 is 40.5 Å². The van der Waals surface area contributed by atoms with Crippen LogP contribution in [0.2, 0.25) is 10.0 Å². The molecule has 0 aromatic heterocycles. The molecule has 0 bridgehead atoms. The Balaban J connectivity index is 1.87. The molecule has 3 aromatic carbocycles. The second-order valence-corrected chi connectivity index (χ2v) is 8.20. The highest BCUT2D eigenvalue weighted by atomic mass is 35.5. The number of carbonyl (C=O) groups is 1. The van der Waals surface area contributed by atoms with Gasteiger partial charge in [0.25, 0.3) is 5.69 Å². The summed E-state index contributed by atoms with van der Waals surface area (Å²) < 4.78 is 0. The van der Waals surface area contributed by atoms with Crippen molar-refractivity contribution in [3.05, 3.63) is 104 Å². The van der Waals surface area contributed by atoms with E-state index in [2.05, 4.69) is 5.32 Å². The van der Waals surface area contributed by atoms with Crippen molar-refractivity contribution < 1.29 is 9.72 Å². The summed E-state index contributed by atoms with van der Waals surface area (Å²) in [5, 5.41) is 15.7. The van der Waals surface area contributed by atoms with Gasteiger partial charge < -0.3 is 10.2 Å². The van der Waals surface area contributed by atoms with Gasteiger partial charge in [0.1, 0.15) is 11.7 Å². The zero-order valence-electron chi connectivity index (χ0n) is 17.5. The number of nitro groups is 1. The van der Waals surface area contributed by atoms with E-state index in [0.717, 1.165) is 11.1 Å².